The second kappa shape index (κ2) is 7.32. The molecular weight excluding hydrogens is 334 g/mol. The van der Waals surface area contributed by atoms with Gasteiger partial charge in [0, 0.05) is 17.5 Å². The third kappa shape index (κ3) is 4.32. The van der Waals surface area contributed by atoms with Gasteiger partial charge in [-0.2, -0.15) is 0 Å². The van der Waals surface area contributed by atoms with Crippen LogP contribution in [0.15, 0.2) is 29.7 Å². The van der Waals surface area contributed by atoms with E-state index in [1.165, 1.54) is 24.7 Å². The summed E-state index contributed by atoms with van der Waals surface area (Å²) < 4.78 is 23.8. The number of rotatable bonds is 4. The number of sulfone groups is 1. The van der Waals surface area contributed by atoms with Crippen molar-refractivity contribution in [3.63, 3.8) is 0 Å². The van der Waals surface area contributed by atoms with E-state index in [0.29, 0.717) is 12.3 Å². The maximum Gasteiger partial charge on any atom is 0.227 e. The first-order chi connectivity index (χ1) is 11.9. The van der Waals surface area contributed by atoms with Crippen LogP contribution >= 0.6 is 0 Å². The minimum atomic E-state index is -3.21. The van der Waals surface area contributed by atoms with Crippen LogP contribution in [0.25, 0.3) is 0 Å². The Morgan fingerprint density at radius 2 is 1.84 bits per heavy atom. The van der Waals surface area contributed by atoms with Crippen LogP contribution in [0.4, 0.5) is 5.69 Å². The summed E-state index contributed by atoms with van der Waals surface area (Å²) in [5, 5.41) is 1.25. The molecular formula is C20H27NO3S. The molecule has 0 saturated heterocycles. The fourth-order valence-corrected chi connectivity index (χ4v) is 5.12. The van der Waals surface area contributed by atoms with Gasteiger partial charge in [-0.25, -0.2) is 8.42 Å². The average molecular weight is 362 g/mol. The van der Waals surface area contributed by atoms with Crippen LogP contribution in [0.3, 0.4) is 0 Å². The number of carbonyl (C=O) groups is 1. The van der Waals surface area contributed by atoms with Crippen molar-refractivity contribution >= 4 is 21.4 Å². The van der Waals surface area contributed by atoms with E-state index in [1.54, 1.807) is 11.0 Å². The lowest BCUT2D eigenvalue weighted by Crippen LogP contribution is -2.42. The zero-order valence-electron chi connectivity index (χ0n) is 15.1. The number of hydrogen-bond donors (Lipinski definition) is 0. The van der Waals surface area contributed by atoms with Crippen molar-refractivity contribution in [3.8, 4) is 0 Å². The first kappa shape index (κ1) is 18.2. The first-order valence-corrected chi connectivity index (χ1v) is 10.9. The Balaban J connectivity index is 1.87. The van der Waals surface area contributed by atoms with Crippen molar-refractivity contribution < 1.29 is 13.2 Å². The second-order valence-corrected chi connectivity index (χ2v) is 9.40. The van der Waals surface area contributed by atoms with Gasteiger partial charge in [0.25, 0.3) is 0 Å². The van der Waals surface area contributed by atoms with E-state index in [0.717, 1.165) is 29.7 Å². The molecule has 1 amide bonds. The third-order valence-corrected chi connectivity index (χ3v) is 6.85. The monoisotopic (exact) mass is 361 g/mol. The molecule has 1 atom stereocenters. The molecule has 1 aliphatic heterocycles. The second-order valence-electron chi connectivity index (χ2n) is 7.47. The van der Waals surface area contributed by atoms with E-state index in [9.17, 15) is 13.2 Å². The summed E-state index contributed by atoms with van der Waals surface area (Å²) in [6.45, 7) is 4.05. The molecule has 2 aliphatic rings. The number of aryl methyl sites for hydroxylation is 2. The van der Waals surface area contributed by atoms with Gasteiger partial charge in [0.2, 0.25) is 5.91 Å². The van der Waals surface area contributed by atoms with E-state index >= 15 is 0 Å². The molecule has 1 fully saturated rings. The predicted molar refractivity (Wildman–Crippen MR) is 101 cm³/mol. The third-order valence-electron chi connectivity index (χ3n) is 5.47. The van der Waals surface area contributed by atoms with Crippen molar-refractivity contribution in [3.05, 3.63) is 40.8 Å². The smallest absolute Gasteiger partial charge is 0.227 e. The van der Waals surface area contributed by atoms with E-state index in [2.05, 4.69) is 0 Å². The fraction of sp³-hybridized carbons (Fsp3) is 0.550. The molecule has 4 nitrogen and oxygen atoms in total. The summed E-state index contributed by atoms with van der Waals surface area (Å²) in [6, 6.07) is 5.52. The lowest BCUT2D eigenvalue weighted by atomic mass is 9.86. The molecule has 0 unspecified atom stereocenters. The van der Waals surface area contributed by atoms with Crippen molar-refractivity contribution in [1.82, 2.24) is 0 Å². The highest BCUT2D eigenvalue weighted by Gasteiger charge is 2.32. The van der Waals surface area contributed by atoms with Gasteiger partial charge >= 0.3 is 0 Å². The van der Waals surface area contributed by atoms with Crippen LogP contribution in [0.2, 0.25) is 0 Å². The van der Waals surface area contributed by atoms with Crippen molar-refractivity contribution in [2.24, 2.45) is 5.92 Å². The molecule has 0 radical (unpaired) electrons. The summed E-state index contributed by atoms with van der Waals surface area (Å²) in [4.78, 5) is 14.8. The molecule has 1 aliphatic carbocycles. The molecule has 0 bridgehead atoms. The van der Waals surface area contributed by atoms with E-state index in [-0.39, 0.29) is 11.7 Å². The van der Waals surface area contributed by atoms with Gasteiger partial charge in [0.15, 0.2) is 9.84 Å². The lowest BCUT2D eigenvalue weighted by molar-refractivity contribution is -0.120. The average Bonchev–Trinajstić information content (AvgIpc) is 2.91. The van der Waals surface area contributed by atoms with Crippen LogP contribution in [0.5, 0.6) is 0 Å². The SMILES string of the molecule is Cc1ccc(N(C(=O)CC2CCCCC2)[C@H]2C=CS(=O)(=O)C2)cc1C. The summed E-state index contributed by atoms with van der Waals surface area (Å²) >= 11 is 0. The molecule has 3 rings (SSSR count). The number of hydrogen-bond acceptors (Lipinski definition) is 3. The van der Waals surface area contributed by atoms with E-state index < -0.39 is 15.9 Å². The topological polar surface area (TPSA) is 54.5 Å². The Kier molecular flexibility index (Phi) is 5.32. The Morgan fingerprint density at radius 1 is 1.12 bits per heavy atom. The number of anilines is 1. The molecule has 1 heterocycles. The highest BCUT2D eigenvalue weighted by Crippen LogP contribution is 2.30. The van der Waals surface area contributed by atoms with Crippen LogP contribution in [-0.2, 0) is 14.6 Å². The van der Waals surface area contributed by atoms with Gasteiger partial charge in [0.1, 0.15) is 0 Å². The van der Waals surface area contributed by atoms with Crippen LogP contribution in [0.1, 0.15) is 49.7 Å². The molecule has 25 heavy (non-hydrogen) atoms. The van der Waals surface area contributed by atoms with E-state index in [1.807, 2.05) is 32.0 Å². The molecule has 0 spiro atoms. The Bertz CT molecular complexity index is 776. The number of benzene rings is 1. The molecule has 0 aromatic heterocycles. The minimum Gasteiger partial charge on any atom is -0.304 e. The van der Waals surface area contributed by atoms with Gasteiger partial charge in [0.05, 0.1) is 11.8 Å². The maximum absolute atomic E-state index is 13.1. The molecule has 1 aromatic rings. The highest BCUT2D eigenvalue weighted by atomic mass is 32.2. The van der Waals surface area contributed by atoms with E-state index in [4.69, 9.17) is 0 Å². The molecule has 1 saturated carbocycles. The Labute approximate surface area is 150 Å². The quantitative estimate of drug-likeness (QED) is 0.817. The minimum absolute atomic E-state index is 0.0175. The van der Waals surface area contributed by atoms with Crippen molar-refractivity contribution in [2.45, 2.75) is 58.4 Å². The highest BCUT2D eigenvalue weighted by molar-refractivity contribution is 7.94. The van der Waals surface area contributed by atoms with Gasteiger partial charge in [-0.05, 0) is 61.9 Å². The van der Waals surface area contributed by atoms with Crippen LogP contribution in [0, 0.1) is 19.8 Å². The summed E-state index contributed by atoms with van der Waals surface area (Å²) in [5.74, 6) is 0.454. The van der Waals surface area contributed by atoms with Crippen molar-refractivity contribution in [2.75, 3.05) is 10.7 Å². The fourth-order valence-electron chi connectivity index (χ4n) is 3.85. The maximum atomic E-state index is 13.1. The van der Waals surface area contributed by atoms with Crippen molar-refractivity contribution in [1.29, 1.82) is 0 Å². The molecule has 5 heteroatoms. The normalized spacial score (nSPS) is 22.9. The molecule has 0 N–H and O–H groups in total. The summed E-state index contributed by atoms with van der Waals surface area (Å²) in [5.41, 5.74) is 3.08. The zero-order chi connectivity index (χ0) is 18.0. The lowest BCUT2D eigenvalue weighted by Gasteiger charge is -2.31. The zero-order valence-corrected chi connectivity index (χ0v) is 15.9. The standard InChI is InChI=1S/C20H27NO3S/c1-15-8-9-18(12-16(15)2)21(19-10-11-25(23,24)14-19)20(22)13-17-6-4-3-5-7-17/h8-12,17,19H,3-7,13-14H2,1-2H3/t19-/m0/s1. The number of amides is 1. The summed E-state index contributed by atoms with van der Waals surface area (Å²) in [6.07, 6.45) is 8.02. The molecule has 1 aromatic carbocycles. The van der Waals surface area contributed by atoms with Gasteiger partial charge in [-0.3, -0.25) is 4.79 Å². The predicted octanol–water partition coefficient (Wildman–Crippen LogP) is 3.92. The number of nitrogens with zero attached hydrogens (tertiary/aromatic N) is 1. The molecule has 136 valence electrons. The van der Waals surface area contributed by atoms with Gasteiger partial charge in [-0.15, -0.1) is 0 Å². The largest absolute Gasteiger partial charge is 0.304 e. The van der Waals surface area contributed by atoms with Gasteiger partial charge < -0.3 is 4.90 Å². The first-order valence-electron chi connectivity index (χ1n) is 9.16. The van der Waals surface area contributed by atoms with Crippen LogP contribution < -0.4 is 4.90 Å². The summed E-state index contributed by atoms with van der Waals surface area (Å²) in [7, 11) is -3.21. The van der Waals surface area contributed by atoms with Gasteiger partial charge in [-0.1, -0.05) is 25.3 Å². The Hall–Kier alpha value is -1.62. The van der Waals surface area contributed by atoms with Crippen LogP contribution in [-0.4, -0.2) is 26.1 Å². The Morgan fingerprint density at radius 3 is 2.44 bits per heavy atom. The number of carbonyl (C=O) groups excluding carboxylic acids is 1.